The van der Waals surface area contributed by atoms with Crippen LogP contribution in [-0.4, -0.2) is 25.3 Å². The molecule has 2 aromatic carbocycles. The second-order valence-corrected chi connectivity index (χ2v) is 5.91. The van der Waals surface area contributed by atoms with E-state index in [1.165, 1.54) is 6.07 Å². The summed E-state index contributed by atoms with van der Waals surface area (Å²) in [7, 11) is 3.14. The van der Waals surface area contributed by atoms with E-state index >= 15 is 0 Å². The predicted octanol–water partition coefficient (Wildman–Crippen LogP) is 4.43. The lowest BCUT2D eigenvalue weighted by molar-refractivity contribution is 0.0697. The van der Waals surface area contributed by atoms with E-state index < -0.39 is 5.97 Å². The number of hydrogen-bond donors (Lipinski definition) is 2. The van der Waals surface area contributed by atoms with Gasteiger partial charge in [-0.3, -0.25) is 0 Å². The van der Waals surface area contributed by atoms with Crippen LogP contribution in [0.2, 0.25) is 5.02 Å². The highest BCUT2D eigenvalue weighted by Gasteiger charge is 2.11. The SMILES string of the molecule is COc1cc(Br)c(CNc2ccc(Cl)c(C(=O)O)c2)cc1OC. The average Bonchev–Trinajstić information content (AvgIpc) is 2.54. The van der Waals surface area contributed by atoms with Gasteiger partial charge in [-0.15, -0.1) is 0 Å². The first kappa shape index (κ1) is 17.4. The lowest BCUT2D eigenvalue weighted by Gasteiger charge is -2.13. The van der Waals surface area contributed by atoms with Gasteiger partial charge in [-0.05, 0) is 35.9 Å². The van der Waals surface area contributed by atoms with E-state index in [-0.39, 0.29) is 10.6 Å². The molecule has 7 heteroatoms. The monoisotopic (exact) mass is 399 g/mol. The molecular formula is C16H15BrClNO4. The molecule has 2 aromatic rings. The molecule has 5 nitrogen and oxygen atoms in total. The number of carboxylic acids is 1. The minimum atomic E-state index is -1.06. The van der Waals surface area contributed by atoms with E-state index in [4.69, 9.17) is 26.2 Å². The standard InChI is InChI=1S/C16H15BrClNO4/c1-22-14-5-9(12(17)7-15(14)23-2)8-19-10-3-4-13(18)11(6-10)16(20)21/h3-7,19H,8H2,1-2H3,(H,20,21). The van der Waals surface area contributed by atoms with Crippen LogP contribution in [0.25, 0.3) is 0 Å². The van der Waals surface area contributed by atoms with Crippen molar-refractivity contribution in [3.8, 4) is 11.5 Å². The number of carbonyl (C=O) groups is 1. The maximum Gasteiger partial charge on any atom is 0.337 e. The smallest absolute Gasteiger partial charge is 0.337 e. The van der Waals surface area contributed by atoms with Crippen LogP contribution >= 0.6 is 27.5 Å². The third kappa shape index (κ3) is 4.09. The van der Waals surface area contributed by atoms with Crippen LogP contribution < -0.4 is 14.8 Å². The van der Waals surface area contributed by atoms with Gasteiger partial charge in [-0.2, -0.15) is 0 Å². The Balaban J connectivity index is 2.21. The molecule has 0 saturated carbocycles. The van der Waals surface area contributed by atoms with Crippen molar-refractivity contribution in [1.82, 2.24) is 0 Å². The Morgan fingerprint density at radius 1 is 1.22 bits per heavy atom. The molecule has 0 heterocycles. The van der Waals surface area contributed by atoms with Crippen LogP contribution in [0.5, 0.6) is 11.5 Å². The molecule has 0 amide bonds. The minimum absolute atomic E-state index is 0.0584. The first-order valence-corrected chi connectivity index (χ1v) is 7.80. The fourth-order valence-electron chi connectivity index (χ4n) is 2.03. The van der Waals surface area contributed by atoms with Crippen LogP contribution in [0.1, 0.15) is 15.9 Å². The molecular weight excluding hydrogens is 386 g/mol. The fourth-order valence-corrected chi connectivity index (χ4v) is 2.69. The summed E-state index contributed by atoms with van der Waals surface area (Å²) in [5.74, 6) is 0.184. The molecule has 122 valence electrons. The summed E-state index contributed by atoms with van der Waals surface area (Å²) in [6, 6.07) is 8.45. The van der Waals surface area contributed by atoms with Gasteiger partial charge in [0.05, 0.1) is 24.8 Å². The maximum atomic E-state index is 11.1. The Kier molecular flexibility index (Phi) is 5.74. The number of carboxylic acid groups (broad SMARTS) is 1. The Bertz CT molecular complexity index is 736. The van der Waals surface area contributed by atoms with E-state index in [0.29, 0.717) is 23.7 Å². The van der Waals surface area contributed by atoms with Crippen molar-refractivity contribution in [2.75, 3.05) is 19.5 Å². The van der Waals surface area contributed by atoms with E-state index in [2.05, 4.69) is 21.2 Å². The highest BCUT2D eigenvalue weighted by molar-refractivity contribution is 9.10. The van der Waals surface area contributed by atoms with Gasteiger partial charge < -0.3 is 19.9 Å². The van der Waals surface area contributed by atoms with Gasteiger partial charge in [-0.1, -0.05) is 27.5 Å². The molecule has 0 bridgehead atoms. The van der Waals surface area contributed by atoms with Gasteiger partial charge in [0.2, 0.25) is 0 Å². The molecule has 0 saturated heterocycles. The van der Waals surface area contributed by atoms with Gasteiger partial charge in [0, 0.05) is 16.7 Å². The summed E-state index contributed by atoms with van der Waals surface area (Å²) < 4.78 is 11.4. The molecule has 0 aromatic heterocycles. The molecule has 2 rings (SSSR count). The molecule has 0 atom stereocenters. The number of anilines is 1. The van der Waals surface area contributed by atoms with Crippen molar-refractivity contribution in [3.63, 3.8) is 0 Å². The molecule has 0 aliphatic rings. The highest BCUT2D eigenvalue weighted by atomic mass is 79.9. The highest BCUT2D eigenvalue weighted by Crippen LogP contribution is 2.33. The van der Waals surface area contributed by atoms with Gasteiger partial charge in [0.1, 0.15) is 0 Å². The van der Waals surface area contributed by atoms with Crippen LogP contribution in [0.15, 0.2) is 34.8 Å². The first-order chi connectivity index (χ1) is 11.0. The second kappa shape index (κ2) is 7.57. The van der Waals surface area contributed by atoms with Gasteiger partial charge in [-0.25, -0.2) is 4.79 Å². The third-order valence-electron chi connectivity index (χ3n) is 3.23. The lowest BCUT2D eigenvalue weighted by atomic mass is 10.1. The zero-order valence-corrected chi connectivity index (χ0v) is 14.9. The Hall–Kier alpha value is -1.92. The third-order valence-corrected chi connectivity index (χ3v) is 4.30. The molecule has 0 unspecified atom stereocenters. The number of benzene rings is 2. The quantitative estimate of drug-likeness (QED) is 0.751. The van der Waals surface area contributed by atoms with Crippen molar-refractivity contribution < 1.29 is 19.4 Å². The van der Waals surface area contributed by atoms with Crippen molar-refractivity contribution in [2.45, 2.75) is 6.54 Å². The zero-order valence-electron chi connectivity index (χ0n) is 12.5. The second-order valence-electron chi connectivity index (χ2n) is 4.65. The summed E-state index contributed by atoms with van der Waals surface area (Å²) in [4.78, 5) is 11.1. The van der Waals surface area contributed by atoms with Gasteiger partial charge >= 0.3 is 5.97 Å². The number of halogens is 2. The molecule has 0 spiro atoms. The number of aromatic carboxylic acids is 1. The van der Waals surface area contributed by atoms with Crippen LogP contribution in [0.4, 0.5) is 5.69 Å². The number of ether oxygens (including phenoxy) is 2. The topological polar surface area (TPSA) is 67.8 Å². The number of rotatable bonds is 6. The van der Waals surface area contributed by atoms with Gasteiger partial charge in [0.25, 0.3) is 0 Å². The van der Waals surface area contributed by atoms with Gasteiger partial charge in [0.15, 0.2) is 11.5 Å². The first-order valence-electron chi connectivity index (χ1n) is 6.63. The molecule has 0 fully saturated rings. The largest absolute Gasteiger partial charge is 0.493 e. The van der Waals surface area contributed by atoms with E-state index in [0.717, 1.165) is 10.0 Å². The fraction of sp³-hybridized carbons (Fsp3) is 0.188. The zero-order chi connectivity index (χ0) is 17.0. The summed E-state index contributed by atoms with van der Waals surface area (Å²) >= 11 is 9.34. The van der Waals surface area contributed by atoms with Crippen molar-refractivity contribution in [2.24, 2.45) is 0 Å². The minimum Gasteiger partial charge on any atom is -0.493 e. The predicted molar refractivity (Wildman–Crippen MR) is 93.0 cm³/mol. The van der Waals surface area contributed by atoms with Crippen LogP contribution in [-0.2, 0) is 6.54 Å². The lowest BCUT2D eigenvalue weighted by Crippen LogP contribution is -2.04. The van der Waals surface area contributed by atoms with Crippen molar-refractivity contribution >= 4 is 39.2 Å². The molecule has 0 aliphatic heterocycles. The van der Waals surface area contributed by atoms with E-state index in [1.807, 2.05) is 12.1 Å². The van der Waals surface area contributed by atoms with E-state index in [9.17, 15) is 4.79 Å². The summed E-state index contributed by atoms with van der Waals surface area (Å²) in [5.41, 5.74) is 1.66. The number of methoxy groups -OCH3 is 2. The van der Waals surface area contributed by atoms with Crippen molar-refractivity contribution in [1.29, 1.82) is 0 Å². The number of hydrogen-bond acceptors (Lipinski definition) is 4. The Labute approximate surface area is 147 Å². The molecule has 0 radical (unpaired) electrons. The molecule has 2 N–H and O–H groups in total. The maximum absolute atomic E-state index is 11.1. The summed E-state index contributed by atoms with van der Waals surface area (Å²) in [6.45, 7) is 0.474. The van der Waals surface area contributed by atoms with Crippen LogP contribution in [0.3, 0.4) is 0 Å². The average molecular weight is 401 g/mol. The molecule has 0 aliphatic carbocycles. The molecule has 23 heavy (non-hydrogen) atoms. The number of nitrogens with one attached hydrogen (secondary N) is 1. The Morgan fingerprint density at radius 3 is 2.48 bits per heavy atom. The van der Waals surface area contributed by atoms with Crippen molar-refractivity contribution in [3.05, 3.63) is 51.0 Å². The summed E-state index contributed by atoms with van der Waals surface area (Å²) in [6.07, 6.45) is 0. The van der Waals surface area contributed by atoms with Crippen LogP contribution in [0, 0.1) is 0 Å². The Morgan fingerprint density at radius 2 is 1.87 bits per heavy atom. The summed E-state index contributed by atoms with van der Waals surface area (Å²) in [5, 5.41) is 12.5. The van der Waals surface area contributed by atoms with E-state index in [1.54, 1.807) is 26.4 Å². The normalized spacial score (nSPS) is 10.3.